The highest BCUT2D eigenvalue weighted by atomic mass is 16.5. The lowest BCUT2D eigenvalue weighted by molar-refractivity contribution is -0.118. The summed E-state index contributed by atoms with van der Waals surface area (Å²) in [7, 11) is 1.66. The molecule has 1 atom stereocenters. The Labute approximate surface area is 121 Å². The van der Waals surface area contributed by atoms with Gasteiger partial charge in [-0.15, -0.1) is 0 Å². The van der Waals surface area contributed by atoms with Crippen molar-refractivity contribution in [1.29, 1.82) is 0 Å². The molecule has 110 valence electrons. The number of aryl methyl sites for hydroxylation is 1. The highest BCUT2D eigenvalue weighted by Gasteiger charge is 2.15. The number of rotatable bonds is 6. The molecule has 1 fully saturated rings. The number of methoxy groups -OCH3 is 1. The van der Waals surface area contributed by atoms with E-state index in [1.54, 1.807) is 7.11 Å². The predicted molar refractivity (Wildman–Crippen MR) is 81.3 cm³/mol. The van der Waals surface area contributed by atoms with Crippen LogP contribution in [0.1, 0.15) is 36.8 Å². The zero-order chi connectivity index (χ0) is 14.4. The van der Waals surface area contributed by atoms with Gasteiger partial charge in [-0.3, -0.25) is 4.79 Å². The molecule has 1 unspecified atom stereocenters. The molecule has 1 N–H and O–H groups in total. The summed E-state index contributed by atoms with van der Waals surface area (Å²) in [5.41, 5.74) is 2.18. The fraction of sp³-hybridized carbons (Fsp3) is 0.588. The summed E-state index contributed by atoms with van der Waals surface area (Å²) in [6, 6.07) is 6.02. The molecule has 0 bridgehead atoms. The smallest absolute Gasteiger partial charge is 0.137 e. The quantitative estimate of drug-likeness (QED) is 0.867. The van der Waals surface area contributed by atoms with Crippen LogP contribution in [0.3, 0.4) is 0 Å². The molecule has 1 aliphatic rings. The number of piperidine rings is 1. The molecule has 0 aliphatic carbocycles. The molecule has 0 saturated carbocycles. The average molecular weight is 275 g/mol. The van der Waals surface area contributed by atoms with Crippen LogP contribution in [0.4, 0.5) is 0 Å². The van der Waals surface area contributed by atoms with Crippen molar-refractivity contribution in [2.24, 2.45) is 5.92 Å². The van der Waals surface area contributed by atoms with Crippen LogP contribution < -0.4 is 10.1 Å². The van der Waals surface area contributed by atoms with Gasteiger partial charge in [0.15, 0.2) is 0 Å². The maximum Gasteiger partial charge on any atom is 0.137 e. The first-order valence-corrected chi connectivity index (χ1v) is 7.55. The van der Waals surface area contributed by atoms with Crippen molar-refractivity contribution >= 4 is 5.78 Å². The predicted octanol–water partition coefficient (Wildman–Crippen LogP) is 2.90. The van der Waals surface area contributed by atoms with Gasteiger partial charge in [-0.25, -0.2) is 0 Å². The van der Waals surface area contributed by atoms with Crippen molar-refractivity contribution < 1.29 is 9.53 Å². The number of hydrogen-bond donors (Lipinski definition) is 1. The maximum absolute atomic E-state index is 12.2. The van der Waals surface area contributed by atoms with Crippen LogP contribution >= 0.6 is 0 Å². The summed E-state index contributed by atoms with van der Waals surface area (Å²) in [6.07, 6.45) is 4.69. The summed E-state index contributed by atoms with van der Waals surface area (Å²) in [6.45, 7) is 4.24. The van der Waals surface area contributed by atoms with Crippen LogP contribution in [0.25, 0.3) is 0 Å². The van der Waals surface area contributed by atoms with Crippen molar-refractivity contribution in [3.8, 4) is 5.75 Å². The van der Waals surface area contributed by atoms with Gasteiger partial charge < -0.3 is 10.1 Å². The molecule has 0 aromatic heterocycles. The molecule has 3 nitrogen and oxygen atoms in total. The van der Waals surface area contributed by atoms with Gasteiger partial charge in [-0.2, -0.15) is 0 Å². The molecule has 0 amide bonds. The maximum atomic E-state index is 12.2. The van der Waals surface area contributed by atoms with Crippen molar-refractivity contribution in [1.82, 2.24) is 5.32 Å². The molecule has 1 aromatic carbocycles. The largest absolute Gasteiger partial charge is 0.496 e. The van der Waals surface area contributed by atoms with Crippen LogP contribution in [0.5, 0.6) is 5.75 Å². The Morgan fingerprint density at radius 1 is 1.45 bits per heavy atom. The summed E-state index contributed by atoms with van der Waals surface area (Å²) in [4.78, 5) is 12.2. The fourth-order valence-corrected chi connectivity index (χ4v) is 2.88. The number of benzene rings is 1. The third-order valence-corrected chi connectivity index (χ3v) is 4.05. The normalized spacial score (nSPS) is 18.8. The topological polar surface area (TPSA) is 38.3 Å². The Morgan fingerprint density at radius 3 is 3.00 bits per heavy atom. The second-order valence-corrected chi connectivity index (χ2v) is 5.78. The van der Waals surface area contributed by atoms with Gasteiger partial charge in [-0.05, 0) is 51.3 Å². The monoisotopic (exact) mass is 275 g/mol. The van der Waals surface area contributed by atoms with Crippen molar-refractivity contribution in [3.05, 3.63) is 29.3 Å². The minimum Gasteiger partial charge on any atom is -0.496 e. The third-order valence-electron chi connectivity index (χ3n) is 4.05. The van der Waals surface area contributed by atoms with Gasteiger partial charge in [0, 0.05) is 18.4 Å². The zero-order valence-electron chi connectivity index (χ0n) is 12.6. The lowest BCUT2D eigenvalue weighted by atomic mass is 9.92. The van der Waals surface area contributed by atoms with E-state index in [1.165, 1.54) is 18.4 Å². The molecule has 2 rings (SSSR count). The van der Waals surface area contributed by atoms with Gasteiger partial charge in [0.25, 0.3) is 0 Å². The van der Waals surface area contributed by atoms with Crippen LogP contribution in [0.15, 0.2) is 18.2 Å². The van der Waals surface area contributed by atoms with Crippen LogP contribution in [-0.4, -0.2) is 26.0 Å². The summed E-state index contributed by atoms with van der Waals surface area (Å²) in [5, 5.41) is 3.40. The zero-order valence-corrected chi connectivity index (χ0v) is 12.6. The molecule has 1 saturated heterocycles. The second kappa shape index (κ2) is 7.44. The van der Waals surface area contributed by atoms with Gasteiger partial charge in [-0.1, -0.05) is 17.7 Å². The number of nitrogens with one attached hydrogen (secondary N) is 1. The highest BCUT2D eigenvalue weighted by Crippen LogP contribution is 2.22. The molecular formula is C17H25NO2. The van der Waals surface area contributed by atoms with E-state index in [4.69, 9.17) is 4.74 Å². The molecule has 1 aliphatic heterocycles. The lowest BCUT2D eigenvalue weighted by Gasteiger charge is -2.22. The Morgan fingerprint density at radius 2 is 2.30 bits per heavy atom. The summed E-state index contributed by atoms with van der Waals surface area (Å²) in [5.74, 6) is 1.81. The molecule has 20 heavy (non-hydrogen) atoms. The molecular weight excluding hydrogens is 250 g/mol. The number of ether oxygens (including phenoxy) is 1. The molecule has 3 heteroatoms. The number of hydrogen-bond acceptors (Lipinski definition) is 3. The second-order valence-electron chi connectivity index (χ2n) is 5.78. The average Bonchev–Trinajstić information content (AvgIpc) is 2.46. The minimum absolute atomic E-state index is 0.319. The van der Waals surface area contributed by atoms with E-state index in [0.29, 0.717) is 24.5 Å². The van der Waals surface area contributed by atoms with Crippen molar-refractivity contribution in [3.63, 3.8) is 0 Å². The lowest BCUT2D eigenvalue weighted by Crippen LogP contribution is -2.30. The summed E-state index contributed by atoms with van der Waals surface area (Å²) < 4.78 is 5.33. The first-order chi connectivity index (χ1) is 9.69. The van der Waals surface area contributed by atoms with Gasteiger partial charge in [0.2, 0.25) is 0 Å². The summed E-state index contributed by atoms with van der Waals surface area (Å²) >= 11 is 0. The number of Topliss-reactive ketones (excluding diaryl/α,β-unsaturated/α-hetero) is 1. The van der Waals surface area contributed by atoms with Gasteiger partial charge >= 0.3 is 0 Å². The Balaban J connectivity index is 1.86. The molecule has 1 heterocycles. The van der Waals surface area contributed by atoms with E-state index in [1.807, 2.05) is 19.1 Å². The van der Waals surface area contributed by atoms with E-state index < -0.39 is 0 Å². The van der Waals surface area contributed by atoms with Crippen LogP contribution in [0.2, 0.25) is 0 Å². The Hall–Kier alpha value is -1.35. The first-order valence-electron chi connectivity index (χ1n) is 7.55. The molecule has 0 radical (unpaired) electrons. The van der Waals surface area contributed by atoms with E-state index in [2.05, 4.69) is 11.4 Å². The van der Waals surface area contributed by atoms with Gasteiger partial charge in [0.1, 0.15) is 11.5 Å². The van der Waals surface area contributed by atoms with E-state index >= 15 is 0 Å². The number of ketones is 1. The van der Waals surface area contributed by atoms with Crippen LogP contribution in [-0.2, 0) is 11.2 Å². The standard InChI is InChI=1S/C17H25NO2/c1-13-5-8-17(20-2)15(10-13)11-16(19)7-6-14-4-3-9-18-12-14/h5,8,10,14,18H,3-4,6-7,9,11-12H2,1-2H3. The van der Waals surface area contributed by atoms with Crippen molar-refractivity contribution in [2.45, 2.75) is 39.0 Å². The Bertz CT molecular complexity index is 450. The molecule has 0 spiro atoms. The molecule has 1 aromatic rings. The number of carbonyl (C=O) groups is 1. The first kappa shape index (κ1) is 15.0. The van der Waals surface area contributed by atoms with E-state index in [9.17, 15) is 4.79 Å². The number of carbonyl (C=O) groups excluding carboxylic acids is 1. The highest BCUT2D eigenvalue weighted by molar-refractivity contribution is 5.81. The van der Waals surface area contributed by atoms with Crippen molar-refractivity contribution in [2.75, 3.05) is 20.2 Å². The Kier molecular flexibility index (Phi) is 5.60. The van der Waals surface area contributed by atoms with E-state index in [-0.39, 0.29) is 0 Å². The minimum atomic E-state index is 0.319. The van der Waals surface area contributed by atoms with Crippen LogP contribution in [0, 0.1) is 12.8 Å². The fourth-order valence-electron chi connectivity index (χ4n) is 2.88. The SMILES string of the molecule is COc1ccc(C)cc1CC(=O)CCC1CCCNC1. The van der Waals surface area contributed by atoms with Gasteiger partial charge in [0.05, 0.1) is 7.11 Å². The van der Waals surface area contributed by atoms with E-state index in [0.717, 1.165) is 30.8 Å². The third kappa shape index (κ3) is 4.34.